The Bertz CT molecular complexity index is 987. The molecule has 0 saturated carbocycles. The molecule has 1 aliphatic rings. The second kappa shape index (κ2) is 8.05. The van der Waals surface area contributed by atoms with E-state index in [0.29, 0.717) is 31.1 Å². The first-order valence-electron chi connectivity index (χ1n) is 8.86. The van der Waals surface area contributed by atoms with Gasteiger partial charge < -0.3 is 9.84 Å². The van der Waals surface area contributed by atoms with Crippen LogP contribution in [-0.4, -0.2) is 48.8 Å². The van der Waals surface area contributed by atoms with Crippen LogP contribution in [0.3, 0.4) is 0 Å². The molecule has 6 nitrogen and oxygen atoms in total. The van der Waals surface area contributed by atoms with E-state index in [-0.39, 0.29) is 17.7 Å². The smallest absolute Gasteiger partial charge is 0.325 e. The number of benzene rings is 2. The molecule has 3 rings (SSSR count). The number of carbonyl (C=O) groups is 1. The quantitative estimate of drug-likeness (QED) is 0.752. The molecule has 28 heavy (non-hydrogen) atoms. The number of aliphatic carboxylic acids is 1. The maximum atomic E-state index is 13.3. The first kappa shape index (κ1) is 19.9. The number of carboxylic acid groups (broad SMARTS) is 1. The molecule has 0 bridgehead atoms. The van der Waals surface area contributed by atoms with Crippen LogP contribution in [0, 0.1) is 12.3 Å². The molecule has 0 radical (unpaired) electrons. The van der Waals surface area contributed by atoms with Gasteiger partial charge in [-0.3, -0.25) is 9.69 Å². The number of para-hydroxylation sites is 1. The lowest BCUT2D eigenvalue weighted by Crippen LogP contribution is -2.54. The summed E-state index contributed by atoms with van der Waals surface area (Å²) in [5, 5.41) is 9.84. The SMILES string of the molecule is C#CCN1CCC(C(=O)O)(S(=O)(=O)c2cccc(Oc3ccccc3)c2)CC1. The number of rotatable bonds is 6. The Hall–Kier alpha value is -2.82. The van der Waals surface area contributed by atoms with Crippen molar-refractivity contribution in [2.75, 3.05) is 19.6 Å². The lowest BCUT2D eigenvalue weighted by atomic mass is 9.96. The summed E-state index contributed by atoms with van der Waals surface area (Å²) in [4.78, 5) is 13.9. The average molecular weight is 399 g/mol. The summed E-state index contributed by atoms with van der Waals surface area (Å²) < 4.78 is 30.5. The summed E-state index contributed by atoms with van der Waals surface area (Å²) in [5.74, 6) is 2.07. The number of likely N-dealkylation sites (tertiary alicyclic amines) is 1. The minimum absolute atomic E-state index is 0.0177. The summed E-state index contributed by atoms with van der Waals surface area (Å²) in [6.07, 6.45) is 5.27. The van der Waals surface area contributed by atoms with E-state index in [2.05, 4.69) is 5.92 Å². The van der Waals surface area contributed by atoms with Crippen molar-refractivity contribution in [2.45, 2.75) is 22.5 Å². The molecule has 0 aromatic heterocycles. The molecule has 0 amide bonds. The van der Waals surface area contributed by atoms with Crippen molar-refractivity contribution in [3.8, 4) is 23.8 Å². The minimum atomic E-state index is -4.13. The van der Waals surface area contributed by atoms with Crippen molar-refractivity contribution in [3.63, 3.8) is 0 Å². The van der Waals surface area contributed by atoms with E-state index >= 15 is 0 Å². The van der Waals surface area contributed by atoms with Crippen molar-refractivity contribution in [2.24, 2.45) is 0 Å². The predicted molar refractivity (Wildman–Crippen MR) is 105 cm³/mol. The van der Waals surface area contributed by atoms with Gasteiger partial charge in [0.05, 0.1) is 11.4 Å². The van der Waals surface area contributed by atoms with Crippen LogP contribution in [0.5, 0.6) is 11.5 Å². The highest BCUT2D eigenvalue weighted by Crippen LogP contribution is 2.37. The maximum Gasteiger partial charge on any atom is 0.325 e. The fourth-order valence-corrected chi connectivity index (χ4v) is 5.28. The molecule has 1 heterocycles. The van der Waals surface area contributed by atoms with Crippen molar-refractivity contribution < 1.29 is 23.1 Å². The largest absolute Gasteiger partial charge is 0.480 e. The van der Waals surface area contributed by atoms with E-state index in [1.54, 1.807) is 36.4 Å². The lowest BCUT2D eigenvalue weighted by Gasteiger charge is -2.37. The van der Waals surface area contributed by atoms with Crippen LogP contribution in [0.1, 0.15) is 12.8 Å². The number of carboxylic acids is 1. The standard InChI is InChI=1S/C21H21NO5S/c1-2-13-22-14-11-21(12-15-22,20(23)24)28(25,26)19-10-6-9-18(16-19)27-17-7-4-3-5-8-17/h1,3-10,16H,11-15H2,(H,23,24). The third-order valence-electron chi connectivity index (χ3n) is 4.98. The van der Waals surface area contributed by atoms with Crippen LogP contribution >= 0.6 is 0 Å². The van der Waals surface area contributed by atoms with Gasteiger partial charge in [-0.25, -0.2) is 8.42 Å². The number of nitrogens with zero attached hydrogens (tertiary/aromatic N) is 1. The van der Waals surface area contributed by atoms with Gasteiger partial charge in [0, 0.05) is 13.1 Å². The normalized spacial score (nSPS) is 16.8. The number of piperidine rings is 1. The Balaban J connectivity index is 1.91. The van der Waals surface area contributed by atoms with Crippen LogP contribution in [-0.2, 0) is 14.6 Å². The molecule has 2 aromatic carbocycles. The summed E-state index contributed by atoms with van der Waals surface area (Å²) in [6, 6.07) is 14.9. The van der Waals surface area contributed by atoms with E-state index < -0.39 is 20.6 Å². The zero-order chi connectivity index (χ0) is 20.2. The Kier molecular flexibility index (Phi) is 5.73. The van der Waals surface area contributed by atoms with Gasteiger partial charge >= 0.3 is 5.97 Å². The van der Waals surface area contributed by atoms with Gasteiger partial charge in [0.15, 0.2) is 14.6 Å². The molecular weight excluding hydrogens is 378 g/mol. The molecule has 146 valence electrons. The molecule has 1 aliphatic heterocycles. The Morgan fingerprint density at radius 1 is 1.11 bits per heavy atom. The van der Waals surface area contributed by atoms with Crippen LogP contribution in [0.2, 0.25) is 0 Å². The molecule has 0 aliphatic carbocycles. The minimum Gasteiger partial charge on any atom is -0.480 e. The van der Waals surface area contributed by atoms with Crippen molar-refractivity contribution in [1.82, 2.24) is 4.90 Å². The van der Waals surface area contributed by atoms with Crippen LogP contribution in [0.4, 0.5) is 0 Å². The van der Waals surface area contributed by atoms with Crippen molar-refractivity contribution >= 4 is 15.8 Å². The zero-order valence-corrected chi connectivity index (χ0v) is 16.1. The van der Waals surface area contributed by atoms with Gasteiger partial charge in [0.1, 0.15) is 11.5 Å². The van der Waals surface area contributed by atoms with Gasteiger partial charge in [0.2, 0.25) is 0 Å². The molecule has 1 N–H and O–H groups in total. The topological polar surface area (TPSA) is 83.9 Å². The summed E-state index contributed by atoms with van der Waals surface area (Å²) in [5.41, 5.74) is 0. The first-order valence-corrected chi connectivity index (χ1v) is 10.3. The summed E-state index contributed by atoms with van der Waals surface area (Å²) >= 11 is 0. The fraction of sp³-hybridized carbons (Fsp3) is 0.286. The molecule has 0 spiro atoms. The molecule has 7 heteroatoms. The van der Waals surface area contributed by atoms with Gasteiger partial charge in [-0.2, -0.15) is 0 Å². The summed E-state index contributed by atoms with van der Waals surface area (Å²) in [7, 11) is -4.13. The Morgan fingerprint density at radius 2 is 1.75 bits per heavy atom. The van der Waals surface area contributed by atoms with Gasteiger partial charge in [-0.1, -0.05) is 30.2 Å². The number of hydrogen-bond donors (Lipinski definition) is 1. The van der Waals surface area contributed by atoms with Crippen molar-refractivity contribution in [1.29, 1.82) is 0 Å². The molecule has 1 saturated heterocycles. The Morgan fingerprint density at radius 3 is 2.36 bits per heavy atom. The highest BCUT2D eigenvalue weighted by atomic mass is 32.2. The van der Waals surface area contributed by atoms with Gasteiger partial charge in [-0.15, -0.1) is 6.42 Å². The molecular formula is C21H21NO5S. The lowest BCUT2D eigenvalue weighted by molar-refractivity contribution is -0.141. The second-order valence-electron chi connectivity index (χ2n) is 6.67. The van der Waals surface area contributed by atoms with E-state index in [1.165, 1.54) is 12.1 Å². The van der Waals surface area contributed by atoms with Crippen LogP contribution in [0.15, 0.2) is 59.5 Å². The fourth-order valence-electron chi connectivity index (χ4n) is 3.35. The maximum absolute atomic E-state index is 13.3. The average Bonchev–Trinajstić information content (AvgIpc) is 2.69. The zero-order valence-electron chi connectivity index (χ0n) is 15.2. The number of sulfone groups is 1. The molecule has 1 fully saturated rings. The molecule has 2 aromatic rings. The summed E-state index contributed by atoms with van der Waals surface area (Å²) in [6.45, 7) is 1.00. The van der Waals surface area contributed by atoms with E-state index in [0.717, 1.165) is 0 Å². The predicted octanol–water partition coefficient (Wildman–Crippen LogP) is 2.81. The molecule has 0 atom stereocenters. The molecule has 0 unspecified atom stereocenters. The van der Waals surface area contributed by atoms with Crippen LogP contribution < -0.4 is 4.74 Å². The third kappa shape index (κ3) is 3.75. The highest BCUT2D eigenvalue weighted by Gasteiger charge is 2.53. The van der Waals surface area contributed by atoms with Gasteiger partial charge in [-0.05, 0) is 43.2 Å². The van der Waals surface area contributed by atoms with Crippen LogP contribution in [0.25, 0.3) is 0 Å². The third-order valence-corrected chi connectivity index (χ3v) is 7.46. The van der Waals surface area contributed by atoms with Crippen molar-refractivity contribution in [3.05, 3.63) is 54.6 Å². The van der Waals surface area contributed by atoms with E-state index in [1.807, 2.05) is 11.0 Å². The number of ether oxygens (including phenoxy) is 1. The highest BCUT2D eigenvalue weighted by molar-refractivity contribution is 7.93. The van der Waals surface area contributed by atoms with E-state index in [4.69, 9.17) is 11.2 Å². The Labute approximate surface area is 164 Å². The van der Waals surface area contributed by atoms with E-state index in [9.17, 15) is 18.3 Å². The van der Waals surface area contributed by atoms with Gasteiger partial charge in [0.25, 0.3) is 0 Å². The first-order chi connectivity index (χ1) is 13.4. The second-order valence-corrected chi connectivity index (χ2v) is 8.93. The number of hydrogen-bond acceptors (Lipinski definition) is 5. The monoisotopic (exact) mass is 399 g/mol. The number of terminal acetylenes is 1.